The lowest BCUT2D eigenvalue weighted by Crippen LogP contribution is -1.94. The molecule has 0 aliphatic heterocycles. The third-order valence-corrected chi connectivity index (χ3v) is 3.10. The van der Waals surface area contributed by atoms with Crippen molar-refractivity contribution in [2.24, 2.45) is 7.05 Å². The van der Waals surface area contributed by atoms with Gasteiger partial charge in [-0.05, 0) is 28.6 Å². The van der Waals surface area contributed by atoms with Crippen LogP contribution >= 0.6 is 11.8 Å². The van der Waals surface area contributed by atoms with E-state index in [2.05, 4.69) is 15.5 Å². The van der Waals surface area contributed by atoms with Crippen LogP contribution in [0.25, 0.3) is 0 Å². The number of phenols is 1. The summed E-state index contributed by atoms with van der Waals surface area (Å²) in [6, 6.07) is 4.99. The molecule has 0 radical (unpaired) electrons. The van der Waals surface area contributed by atoms with Gasteiger partial charge in [-0.3, -0.25) is 0 Å². The molecule has 0 unspecified atom stereocenters. The van der Waals surface area contributed by atoms with E-state index in [0.29, 0.717) is 16.6 Å². The van der Waals surface area contributed by atoms with E-state index in [-0.39, 0.29) is 5.75 Å². The molecule has 0 aliphatic rings. The maximum absolute atomic E-state index is 9.61. The lowest BCUT2D eigenvalue weighted by Gasteiger charge is -2.04. The molecule has 0 aliphatic carbocycles. The number of nitrogens with zero attached hydrogens (tertiary/aromatic N) is 4. The van der Waals surface area contributed by atoms with Gasteiger partial charge in [-0.2, -0.15) is 0 Å². The number of anilines is 1. The number of phenolic OH excluding ortho intramolecular Hbond substituents is 1. The fraction of sp³-hybridized carbons (Fsp3) is 0.222. The van der Waals surface area contributed by atoms with Crippen LogP contribution in [-0.4, -0.2) is 25.3 Å². The van der Waals surface area contributed by atoms with Gasteiger partial charge < -0.3 is 10.8 Å². The quantitative estimate of drug-likeness (QED) is 0.466. The first-order valence-electron chi connectivity index (χ1n) is 4.59. The van der Waals surface area contributed by atoms with Crippen molar-refractivity contribution in [2.45, 2.75) is 10.9 Å². The first-order valence-corrected chi connectivity index (χ1v) is 5.58. The number of benzene rings is 1. The van der Waals surface area contributed by atoms with Crippen LogP contribution in [0.4, 0.5) is 5.69 Å². The predicted octanol–water partition coefficient (Wildman–Crippen LogP) is 0.790. The molecule has 0 amide bonds. The zero-order chi connectivity index (χ0) is 11.5. The van der Waals surface area contributed by atoms with E-state index in [1.165, 1.54) is 11.8 Å². The molecule has 2 rings (SSSR count). The summed E-state index contributed by atoms with van der Waals surface area (Å²) in [5, 5.41) is 21.4. The average molecular weight is 237 g/mol. The number of nitrogens with two attached hydrogens (primary N) is 1. The van der Waals surface area contributed by atoms with Gasteiger partial charge in [-0.15, -0.1) is 5.10 Å². The lowest BCUT2D eigenvalue weighted by molar-refractivity contribution is 0.470. The molecule has 0 saturated carbocycles. The standard InChI is InChI=1S/C9H11N5OS/c1-14-9(11-12-13-14)16-5-6-4-7(10)2-3-8(6)15/h2-4,15H,5,10H2,1H3. The van der Waals surface area contributed by atoms with Crippen LogP contribution in [0, 0.1) is 0 Å². The van der Waals surface area contributed by atoms with Crippen molar-refractivity contribution in [1.29, 1.82) is 0 Å². The maximum atomic E-state index is 9.61. The summed E-state index contributed by atoms with van der Waals surface area (Å²) in [5.41, 5.74) is 7.04. The Morgan fingerprint density at radius 3 is 3.00 bits per heavy atom. The van der Waals surface area contributed by atoms with Crippen molar-refractivity contribution >= 4 is 17.4 Å². The molecule has 0 fully saturated rings. The third kappa shape index (κ3) is 2.25. The fourth-order valence-corrected chi connectivity index (χ4v) is 2.04. The van der Waals surface area contributed by atoms with Crippen LogP contribution in [0.5, 0.6) is 5.75 Å². The Hall–Kier alpha value is -1.76. The molecule has 84 valence electrons. The molecule has 0 bridgehead atoms. The first-order chi connectivity index (χ1) is 7.66. The second-order valence-electron chi connectivity index (χ2n) is 3.26. The van der Waals surface area contributed by atoms with Gasteiger partial charge in [0.2, 0.25) is 5.16 Å². The number of rotatable bonds is 3. The number of aromatic hydroxyl groups is 1. The average Bonchev–Trinajstić information content (AvgIpc) is 2.66. The van der Waals surface area contributed by atoms with E-state index in [0.717, 1.165) is 5.56 Å². The van der Waals surface area contributed by atoms with Gasteiger partial charge in [0.05, 0.1) is 0 Å². The van der Waals surface area contributed by atoms with Crippen LogP contribution in [0.3, 0.4) is 0 Å². The van der Waals surface area contributed by atoms with Crippen molar-refractivity contribution in [3.8, 4) is 5.75 Å². The predicted molar refractivity (Wildman–Crippen MR) is 60.9 cm³/mol. The largest absolute Gasteiger partial charge is 0.508 e. The van der Waals surface area contributed by atoms with Gasteiger partial charge in [-0.1, -0.05) is 11.8 Å². The Kier molecular flexibility index (Phi) is 2.95. The highest BCUT2D eigenvalue weighted by atomic mass is 32.2. The van der Waals surface area contributed by atoms with Crippen LogP contribution in [0.2, 0.25) is 0 Å². The number of hydrogen-bond acceptors (Lipinski definition) is 6. The molecule has 6 nitrogen and oxygen atoms in total. The molecule has 3 N–H and O–H groups in total. The zero-order valence-corrected chi connectivity index (χ0v) is 9.48. The molecule has 16 heavy (non-hydrogen) atoms. The first kappa shape index (κ1) is 10.7. The van der Waals surface area contributed by atoms with Crippen LogP contribution in [-0.2, 0) is 12.8 Å². The summed E-state index contributed by atoms with van der Waals surface area (Å²) < 4.78 is 1.58. The monoisotopic (exact) mass is 237 g/mol. The summed E-state index contributed by atoms with van der Waals surface area (Å²) in [6.07, 6.45) is 0. The normalized spacial score (nSPS) is 10.6. The Morgan fingerprint density at radius 1 is 1.50 bits per heavy atom. The molecule has 0 spiro atoms. The SMILES string of the molecule is Cn1nnnc1SCc1cc(N)ccc1O. The number of thioether (sulfide) groups is 1. The fourth-order valence-electron chi connectivity index (χ4n) is 1.21. The number of hydrogen-bond donors (Lipinski definition) is 2. The Labute approximate surface area is 96.5 Å². The number of aromatic nitrogens is 4. The van der Waals surface area contributed by atoms with Crippen molar-refractivity contribution in [3.63, 3.8) is 0 Å². The minimum atomic E-state index is 0.233. The molecule has 0 atom stereocenters. The Balaban J connectivity index is 2.10. The van der Waals surface area contributed by atoms with E-state index in [4.69, 9.17) is 5.73 Å². The van der Waals surface area contributed by atoms with Crippen LogP contribution in [0.15, 0.2) is 23.4 Å². The number of tetrazole rings is 1. The maximum Gasteiger partial charge on any atom is 0.209 e. The second-order valence-corrected chi connectivity index (χ2v) is 4.20. The highest BCUT2D eigenvalue weighted by Gasteiger charge is 2.06. The van der Waals surface area contributed by atoms with Gasteiger partial charge in [0.25, 0.3) is 0 Å². The Bertz CT molecular complexity index is 498. The van der Waals surface area contributed by atoms with Crippen molar-refractivity contribution in [1.82, 2.24) is 20.2 Å². The van der Waals surface area contributed by atoms with E-state index in [9.17, 15) is 5.11 Å². The highest BCUT2D eigenvalue weighted by Crippen LogP contribution is 2.27. The Morgan fingerprint density at radius 2 is 2.31 bits per heavy atom. The van der Waals surface area contributed by atoms with Crippen molar-refractivity contribution in [2.75, 3.05) is 5.73 Å². The van der Waals surface area contributed by atoms with Gasteiger partial charge in [0, 0.05) is 24.1 Å². The topological polar surface area (TPSA) is 89.9 Å². The molecule has 7 heteroatoms. The van der Waals surface area contributed by atoms with Gasteiger partial charge >= 0.3 is 0 Å². The van der Waals surface area contributed by atoms with Crippen LogP contribution < -0.4 is 5.73 Å². The van der Waals surface area contributed by atoms with Gasteiger partial charge in [-0.25, -0.2) is 4.68 Å². The van der Waals surface area contributed by atoms with Gasteiger partial charge in [0.15, 0.2) is 0 Å². The summed E-state index contributed by atoms with van der Waals surface area (Å²) in [4.78, 5) is 0. The summed E-state index contributed by atoms with van der Waals surface area (Å²) in [7, 11) is 1.77. The third-order valence-electron chi connectivity index (χ3n) is 2.04. The summed E-state index contributed by atoms with van der Waals surface area (Å²) in [6.45, 7) is 0. The summed E-state index contributed by atoms with van der Waals surface area (Å²) >= 11 is 1.44. The molecule has 1 aromatic heterocycles. The highest BCUT2D eigenvalue weighted by molar-refractivity contribution is 7.98. The molecule has 1 aromatic carbocycles. The number of aryl methyl sites for hydroxylation is 1. The smallest absolute Gasteiger partial charge is 0.209 e. The molecule has 0 saturated heterocycles. The lowest BCUT2D eigenvalue weighted by atomic mass is 10.2. The minimum absolute atomic E-state index is 0.233. The number of nitrogen functional groups attached to an aromatic ring is 1. The zero-order valence-electron chi connectivity index (χ0n) is 8.66. The van der Waals surface area contributed by atoms with E-state index < -0.39 is 0 Å². The summed E-state index contributed by atoms with van der Waals surface area (Å²) in [5.74, 6) is 0.808. The molecule has 2 aromatic rings. The molecular weight excluding hydrogens is 226 g/mol. The molecule has 1 heterocycles. The van der Waals surface area contributed by atoms with E-state index >= 15 is 0 Å². The van der Waals surface area contributed by atoms with Gasteiger partial charge in [0.1, 0.15) is 5.75 Å². The minimum Gasteiger partial charge on any atom is -0.508 e. The van der Waals surface area contributed by atoms with E-state index in [1.54, 1.807) is 29.9 Å². The molecular formula is C9H11N5OS. The second kappa shape index (κ2) is 4.40. The van der Waals surface area contributed by atoms with Crippen LogP contribution in [0.1, 0.15) is 5.56 Å². The van der Waals surface area contributed by atoms with Crippen molar-refractivity contribution in [3.05, 3.63) is 23.8 Å². The van der Waals surface area contributed by atoms with E-state index in [1.807, 2.05) is 0 Å². The van der Waals surface area contributed by atoms with Crippen molar-refractivity contribution < 1.29 is 5.11 Å².